The van der Waals surface area contributed by atoms with Gasteiger partial charge in [-0.3, -0.25) is 0 Å². The zero-order chi connectivity index (χ0) is 14.4. The van der Waals surface area contributed by atoms with Gasteiger partial charge in [0.2, 0.25) is 0 Å². The molecular weight excluding hydrogens is 250 g/mol. The van der Waals surface area contributed by atoms with E-state index >= 15 is 0 Å². The van der Waals surface area contributed by atoms with Crippen LogP contribution in [-0.2, 0) is 6.61 Å². The fourth-order valence-electron chi connectivity index (χ4n) is 1.82. The Bertz CT molecular complexity index is 552. The van der Waals surface area contributed by atoms with Gasteiger partial charge < -0.3 is 10.1 Å². The van der Waals surface area contributed by atoms with Crippen molar-refractivity contribution in [1.82, 2.24) is 9.97 Å². The summed E-state index contributed by atoms with van der Waals surface area (Å²) in [5, 5.41) is 3.27. The summed E-state index contributed by atoms with van der Waals surface area (Å²) in [6.07, 6.45) is 1.07. The van der Waals surface area contributed by atoms with E-state index in [9.17, 15) is 0 Å². The van der Waals surface area contributed by atoms with Crippen LogP contribution in [0.4, 0.5) is 5.82 Å². The topological polar surface area (TPSA) is 47.0 Å². The van der Waals surface area contributed by atoms with Gasteiger partial charge in [0, 0.05) is 18.3 Å². The normalized spacial score (nSPS) is 10.3. The first-order valence-corrected chi connectivity index (χ1v) is 6.95. The summed E-state index contributed by atoms with van der Waals surface area (Å²) in [5.74, 6) is 2.40. The predicted molar refractivity (Wildman–Crippen MR) is 81.1 cm³/mol. The average molecular weight is 271 g/mol. The van der Waals surface area contributed by atoms with Gasteiger partial charge in [-0.1, -0.05) is 24.6 Å². The van der Waals surface area contributed by atoms with Crippen molar-refractivity contribution in [3.8, 4) is 5.75 Å². The maximum atomic E-state index is 5.71. The highest BCUT2D eigenvalue weighted by atomic mass is 16.5. The highest BCUT2D eigenvalue weighted by molar-refractivity contribution is 5.35. The van der Waals surface area contributed by atoms with Crippen molar-refractivity contribution < 1.29 is 4.74 Å². The van der Waals surface area contributed by atoms with Crippen molar-refractivity contribution in [1.29, 1.82) is 0 Å². The Morgan fingerprint density at radius 2 is 1.85 bits per heavy atom. The summed E-state index contributed by atoms with van der Waals surface area (Å²) < 4.78 is 5.71. The molecule has 1 aromatic carbocycles. The number of aryl methyl sites for hydroxylation is 2. The zero-order valence-electron chi connectivity index (χ0n) is 12.3. The number of benzene rings is 1. The number of hydrogen-bond donors (Lipinski definition) is 1. The van der Waals surface area contributed by atoms with Crippen molar-refractivity contribution in [3.63, 3.8) is 0 Å². The highest BCUT2D eigenvalue weighted by Gasteiger charge is 2.03. The van der Waals surface area contributed by atoms with Crippen LogP contribution in [0.1, 0.15) is 30.4 Å². The second kappa shape index (κ2) is 6.89. The minimum Gasteiger partial charge on any atom is -0.486 e. The molecule has 2 rings (SSSR count). The lowest BCUT2D eigenvalue weighted by atomic mass is 10.2. The molecule has 0 fully saturated rings. The fourth-order valence-corrected chi connectivity index (χ4v) is 1.82. The number of nitrogens with one attached hydrogen (secondary N) is 1. The Hall–Kier alpha value is -2.10. The molecule has 0 spiro atoms. The minimum atomic E-state index is 0.381. The van der Waals surface area contributed by atoms with Crippen LogP contribution in [0.2, 0.25) is 0 Å². The molecule has 0 aliphatic carbocycles. The first kappa shape index (κ1) is 14.3. The third-order valence-electron chi connectivity index (χ3n) is 2.85. The maximum absolute atomic E-state index is 5.71. The van der Waals surface area contributed by atoms with E-state index in [0.717, 1.165) is 30.2 Å². The van der Waals surface area contributed by atoms with E-state index < -0.39 is 0 Å². The number of ether oxygens (including phenoxy) is 1. The lowest BCUT2D eigenvalue weighted by Gasteiger charge is -2.09. The Balaban J connectivity index is 2.01. The van der Waals surface area contributed by atoms with E-state index in [1.807, 2.05) is 37.3 Å². The summed E-state index contributed by atoms with van der Waals surface area (Å²) >= 11 is 0. The Kier molecular flexibility index (Phi) is 4.93. The van der Waals surface area contributed by atoms with Gasteiger partial charge in [-0.15, -0.1) is 0 Å². The number of aromatic nitrogens is 2. The summed E-state index contributed by atoms with van der Waals surface area (Å²) in [6.45, 7) is 7.44. The smallest absolute Gasteiger partial charge is 0.168 e. The van der Waals surface area contributed by atoms with Crippen LogP contribution in [0, 0.1) is 13.8 Å². The van der Waals surface area contributed by atoms with Crippen LogP contribution in [0.25, 0.3) is 0 Å². The van der Waals surface area contributed by atoms with E-state index in [2.05, 4.69) is 29.1 Å². The SMILES string of the molecule is CCCNc1cc(C)nc(COc2ccc(C)cc2)n1. The van der Waals surface area contributed by atoms with Crippen molar-refractivity contribution in [2.24, 2.45) is 0 Å². The summed E-state index contributed by atoms with van der Waals surface area (Å²) in [5.41, 5.74) is 2.16. The molecule has 0 aliphatic heterocycles. The monoisotopic (exact) mass is 271 g/mol. The summed E-state index contributed by atoms with van der Waals surface area (Å²) in [4.78, 5) is 8.85. The van der Waals surface area contributed by atoms with Crippen molar-refractivity contribution in [2.75, 3.05) is 11.9 Å². The van der Waals surface area contributed by atoms with Gasteiger partial charge in [-0.2, -0.15) is 0 Å². The molecule has 0 unspecified atom stereocenters. The lowest BCUT2D eigenvalue weighted by Crippen LogP contribution is -2.08. The number of anilines is 1. The van der Waals surface area contributed by atoms with Gasteiger partial charge in [-0.25, -0.2) is 9.97 Å². The molecule has 0 amide bonds. The molecule has 0 atom stereocenters. The molecule has 1 heterocycles. The molecule has 20 heavy (non-hydrogen) atoms. The molecule has 0 radical (unpaired) electrons. The van der Waals surface area contributed by atoms with E-state index in [4.69, 9.17) is 4.74 Å². The second-order valence-corrected chi connectivity index (χ2v) is 4.84. The molecule has 0 bridgehead atoms. The highest BCUT2D eigenvalue weighted by Crippen LogP contribution is 2.13. The van der Waals surface area contributed by atoms with E-state index in [0.29, 0.717) is 12.4 Å². The number of nitrogens with zero attached hydrogens (tertiary/aromatic N) is 2. The summed E-state index contributed by atoms with van der Waals surface area (Å²) in [6, 6.07) is 9.93. The van der Waals surface area contributed by atoms with Crippen molar-refractivity contribution in [2.45, 2.75) is 33.8 Å². The van der Waals surface area contributed by atoms with E-state index in [1.54, 1.807) is 0 Å². The van der Waals surface area contributed by atoms with Crippen LogP contribution in [-0.4, -0.2) is 16.5 Å². The molecule has 1 N–H and O–H groups in total. The lowest BCUT2D eigenvalue weighted by molar-refractivity contribution is 0.295. The minimum absolute atomic E-state index is 0.381. The van der Waals surface area contributed by atoms with Crippen LogP contribution in [0.5, 0.6) is 5.75 Å². The molecular formula is C16H21N3O. The van der Waals surface area contributed by atoms with Gasteiger partial charge in [-0.05, 0) is 32.4 Å². The third-order valence-corrected chi connectivity index (χ3v) is 2.85. The summed E-state index contributed by atoms with van der Waals surface area (Å²) in [7, 11) is 0. The van der Waals surface area contributed by atoms with Crippen LogP contribution < -0.4 is 10.1 Å². The standard InChI is InChI=1S/C16H21N3O/c1-4-9-17-15-10-13(3)18-16(19-15)11-20-14-7-5-12(2)6-8-14/h5-8,10H,4,9,11H2,1-3H3,(H,17,18,19). The van der Waals surface area contributed by atoms with Gasteiger partial charge in [0.05, 0.1) is 0 Å². The first-order valence-electron chi connectivity index (χ1n) is 6.95. The largest absolute Gasteiger partial charge is 0.486 e. The maximum Gasteiger partial charge on any atom is 0.168 e. The Labute approximate surface area is 120 Å². The molecule has 2 aromatic rings. The van der Waals surface area contributed by atoms with Crippen molar-refractivity contribution in [3.05, 3.63) is 47.4 Å². The second-order valence-electron chi connectivity index (χ2n) is 4.84. The van der Waals surface area contributed by atoms with Crippen LogP contribution in [0.15, 0.2) is 30.3 Å². The Morgan fingerprint density at radius 3 is 2.55 bits per heavy atom. The van der Waals surface area contributed by atoms with E-state index in [1.165, 1.54) is 5.56 Å². The van der Waals surface area contributed by atoms with E-state index in [-0.39, 0.29) is 0 Å². The quantitative estimate of drug-likeness (QED) is 0.873. The Morgan fingerprint density at radius 1 is 1.10 bits per heavy atom. The average Bonchev–Trinajstić information content (AvgIpc) is 2.44. The van der Waals surface area contributed by atoms with Gasteiger partial charge in [0.1, 0.15) is 18.2 Å². The van der Waals surface area contributed by atoms with Gasteiger partial charge in [0.25, 0.3) is 0 Å². The molecule has 0 saturated heterocycles. The molecule has 0 aliphatic rings. The predicted octanol–water partition coefficient (Wildman–Crippen LogP) is 3.49. The third kappa shape index (κ3) is 4.23. The van der Waals surface area contributed by atoms with Crippen molar-refractivity contribution >= 4 is 5.82 Å². The molecule has 4 nitrogen and oxygen atoms in total. The molecule has 1 aromatic heterocycles. The van der Waals surface area contributed by atoms with Gasteiger partial charge in [0.15, 0.2) is 5.82 Å². The molecule has 0 saturated carbocycles. The number of hydrogen-bond acceptors (Lipinski definition) is 4. The number of rotatable bonds is 6. The molecule has 4 heteroatoms. The van der Waals surface area contributed by atoms with Crippen LogP contribution >= 0.6 is 0 Å². The first-order chi connectivity index (χ1) is 9.67. The zero-order valence-corrected chi connectivity index (χ0v) is 12.3. The van der Waals surface area contributed by atoms with Crippen LogP contribution in [0.3, 0.4) is 0 Å². The fraction of sp³-hybridized carbons (Fsp3) is 0.375. The van der Waals surface area contributed by atoms with Gasteiger partial charge >= 0.3 is 0 Å². The molecule has 106 valence electrons.